The van der Waals surface area contributed by atoms with Crippen molar-refractivity contribution in [2.75, 3.05) is 23.4 Å². The number of H-pyrrole nitrogens is 1. The summed E-state index contributed by atoms with van der Waals surface area (Å²) in [6.45, 7) is 1.57. The van der Waals surface area contributed by atoms with Crippen molar-refractivity contribution in [3.05, 3.63) is 21.6 Å². The fourth-order valence-corrected chi connectivity index (χ4v) is 3.43. The minimum Gasteiger partial charge on any atom is -0.352 e. The molecule has 2 aliphatic heterocycles. The minimum atomic E-state index is 0.0182. The van der Waals surface area contributed by atoms with Gasteiger partial charge in [0.25, 0.3) is 5.56 Å². The minimum absolute atomic E-state index is 0.0182. The first-order valence-electron chi connectivity index (χ1n) is 6.00. The molecular weight excluding hydrogens is 236 g/mol. The van der Waals surface area contributed by atoms with Crippen molar-refractivity contribution in [2.45, 2.75) is 25.4 Å². The lowest BCUT2D eigenvalue weighted by Gasteiger charge is -2.17. The number of fused-ring (bicyclic) bond motifs is 1. The molecule has 0 aliphatic carbocycles. The van der Waals surface area contributed by atoms with Crippen LogP contribution in [-0.2, 0) is 13.0 Å². The van der Waals surface area contributed by atoms with Crippen molar-refractivity contribution in [1.29, 1.82) is 0 Å². The summed E-state index contributed by atoms with van der Waals surface area (Å²) in [7, 11) is 0. The molecule has 1 aromatic rings. The molecule has 1 unspecified atom stereocenters. The Labute approximate surface area is 104 Å². The lowest BCUT2D eigenvalue weighted by molar-refractivity contribution is 0.618. The zero-order chi connectivity index (χ0) is 11.7. The predicted molar refractivity (Wildman–Crippen MR) is 69.6 cm³/mol. The Hall–Kier alpha value is -1.01. The van der Waals surface area contributed by atoms with E-state index in [0.29, 0.717) is 18.5 Å². The molecule has 5 nitrogen and oxygen atoms in total. The smallest absolute Gasteiger partial charge is 0.255 e. The molecule has 0 spiro atoms. The number of hydrogen-bond acceptors (Lipinski definition) is 5. The van der Waals surface area contributed by atoms with Crippen molar-refractivity contribution in [3.8, 4) is 0 Å². The Bertz CT molecular complexity index is 467. The Morgan fingerprint density at radius 1 is 1.47 bits per heavy atom. The van der Waals surface area contributed by atoms with Gasteiger partial charge in [0.2, 0.25) is 5.95 Å². The maximum atomic E-state index is 11.9. The molecule has 6 heteroatoms. The highest BCUT2D eigenvalue weighted by Crippen LogP contribution is 2.20. The number of anilines is 1. The first-order chi connectivity index (χ1) is 8.33. The van der Waals surface area contributed by atoms with Gasteiger partial charge in [-0.25, -0.2) is 4.98 Å². The molecule has 0 amide bonds. The normalized spacial score (nSPS) is 23.4. The fourth-order valence-electron chi connectivity index (χ4n) is 2.28. The number of thioether (sulfide) groups is 1. The van der Waals surface area contributed by atoms with Crippen molar-refractivity contribution in [1.82, 2.24) is 15.3 Å². The van der Waals surface area contributed by atoms with E-state index in [4.69, 9.17) is 0 Å². The summed E-state index contributed by atoms with van der Waals surface area (Å²) in [5.74, 6) is 2.91. The maximum absolute atomic E-state index is 11.9. The molecule has 0 radical (unpaired) electrons. The first kappa shape index (κ1) is 11.1. The topological polar surface area (TPSA) is 69.8 Å². The molecule has 1 aromatic heterocycles. The Kier molecular flexibility index (Phi) is 3.07. The summed E-state index contributed by atoms with van der Waals surface area (Å²) < 4.78 is 0. The van der Waals surface area contributed by atoms with Crippen LogP contribution in [0.4, 0.5) is 5.95 Å². The van der Waals surface area contributed by atoms with Crippen molar-refractivity contribution in [3.63, 3.8) is 0 Å². The number of rotatable bonds is 2. The molecule has 17 heavy (non-hydrogen) atoms. The summed E-state index contributed by atoms with van der Waals surface area (Å²) in [6.07, 6.45) is 1.92. The summed E-state index contributed by atoms with van der Waals surface area (Å²) in [6, 6.07) is 0.442. The summed E-state index contributed by atoms with van der Waals surface area (Å²) in [5.41, 5.74) is 1.76. The van der Waals surface area contributed by atoms with E-state index in [2.05, 4.69) is 20.6 Å². The van der Waals surface area contributed by atoms with Crippen LogP contribution in [0, 0.1) is 0 Å². The van der Waals surface area contributed by atoms with Gasteiger partial charge in [0, 0.05) is 23.9 Å². The van der Waals surface area contributed by atoms with E-state index < -0.39 is 0 Å². The monoisotopic (exact) mass is 252 g/mol. The van der Waals surface area contributed by atoms with Gasteiger partial charge in [-0.2, -0.15) is 11.8 Å². The molecule has 0 bridgehead atoms. The third-order valence-electron chi connectivity index (χ3n) is 3.22. The second-order valence-corrected chi connectivity index (χ2v) is 5.62. The van der Waals surface area contributed by atoms with Gasteiger partial charge in [-0.15, -0.1) is 0 Å². The standard InChI is InChI=1S/C11H16N4OS/c16-10-8-1-3-12-5-9(8)14-11(15-10)13-7-2-4-17-6-7/h7,12H,1-6H2,(H2,13,14,15,16). The summed E-state index contributed by atoms with van der Waals surface area (Å²) >= 11 is 1.94. The Morgan fingerprint density at radius 3 is 3.24 bits per heavy atom. The molecule has 92 valence electrons. The molecular formula is C11H16N4OS. The zero-order valence-corrected chi connectivity index (χ0v) is 10.4. The predicted octanol–water partition coefficient (Wildman–Crippen LogP) is 0.333. The number of hydrogen-bond donors (Lipinski definition) is 3. The van der Waals surface area contributed by atoms with Crippen LogP contribution < -0.4 is 16.2 Å². The highest BCUT2D eigenvalue weighted by Gasteiger charge is 2.18. The van der Waals surface area contributed by atoms with E-state index in [-0.39, 0.29) is 5.56 Å². The van der Waals surface area contributed by atoms with Gasteiger partial charge < -0.3 is 10.6 Å². The van der Waals surface area contributed by atoms with Crippen LogP contribution in [0.5, 0.6) is 0 Å². The highest BCUT2D eigenvalue weighted by molar-refractivity contribution is 7.99. The van der Waals surface area contributed by atoms with Crippen molar-refractivity contribution >= 4 is 17.7 Å². The molecule has 1 atom stereocenters. The molecule has 3 N–H and O–H groups in total. The van der Waals surface area contributed by atoms with Gasteiger partial charge in [-0.1, -0.05) is 0 Å². The van der Waals surface area contributed by atoms with Crippen LogP contribution in [0.1, 0.15) is 17.7 Å². The van der Waals surface area contributed by atoms with E-state index in [0.717, 1.165) is 36.4 Å². The number of nitrogens with one attached hydrogen (secondary N) is 3. The van der Waals surface area contributed by atoms with E-state index >= 15 is 0 Å². The van der Waals surface area contributed by atoms with Gasteiger partial charge in [0.1, 0.15) is 0 Å². The SMILES string of the molecule is O=c1[nH]c(NC2CCSC2)nc2c1CCNC2. The number of nitrogens with zero attached hydrogens (tertiary/aromatic N) is 1. The zero-order valence-electron chi connectivity index (χ0n) is 9.58. The number of aromatic nitrogens is 2. The van der Waals surface area contributed by atoms with Gasteiger partial charge >= 0.3 is 0 Å². The van der Waals surface area contributed by atoms with E-state index in [1.54, 1.807) is 0 Å². The maximum Gasteiger partial charge on any atom is 0.255 e. The molecule has 1 saturated heterocycles. The van der Waals surface area contributed by atoms with E-state index in [1.165, 1.54) is 5.75 Å². The largest absolute Gasteiger partial charge is 0.352 e. The Morgan fingerprint density at radius 2 is 2.41 bits per heavy atom. The van der Waals surface area contributed by atoms with Crippen LogP contribution >= 0.6 is 11.8 Å². The summed E-state index contributed by atoms with van der Waals surface area (Å²) in [4.78, 5) is 19.2. The molecule has 3 rings (SSSR count). The molecule has 3 heterocycles. The van der Waals surface area contributed by atoms with E-state index in [1.807, 2.05) is 11.8 Å². The van der Waals surface area contributed by atoms with Crippen molar-refractivity contribution in [2.24, 2.45) is 0 Å². The highest BCUT2D eigenvalue weighted by atomic mass is 32.2. The summed E-state index contributed by atoms with van der Waals surface area (Å²) in [5, 5.41) is 6.56. The fraction of sp³-hybridized carbons (Fsp3) is 0.636. The second-order valence-electron chi connectivity index (χ2n) is 4.47. The van der Waals surface area contributed by atoms with Crippen LogP contribution in [-0.4, -0.2) is 34.1 Å². The van der Waals surface area contributed by atoms with Gasteiger partial charge in [0.05, 0.1) is 5.69 Å². The first-order valence-corrected chi connectivity index (χ1v) is 7.15. The molecule has 0 saturated carbocycles. The molecule has 2 aliphatic rings. The number of aromatic amines is 1. The van der Waals surface area contributed by atoms with Crippen LogP contribution in [0.15, 0.2) is 4.79 Å². The van der Waals surface area contributed by atoms with Gasteiger partial charge in [-0.05, 0) is 25.1 Å². The van der Waals surface area contributed by atoms with Gasteiger partial charge in [0.15, 0.2) is 0 Å². The van der Waals surface area contributed by atoms with E-state index in [9.17, 15) is 4.79 Å². The average molecular weight is 252 g/mol. The van der Waals surface area contributed by atoms with Crippen LogP contribution in [0.2, 0.25) is 0 Å². The van der Waals surface area contributed by atoms with Crippen molar-refractivity contribution < 1.29 is 0 Å². The second kappa shape index (κ2) is 4.70. The third kappa shape index (κ3) is 2.32. The lowest BCUT2D eigenvalue weighted by atomic mass is 10.1. The Balaban J connectivity index is 1.85. The molecule has 1 fully saturated rings. The quantitative estimate of drug-likeness (QED) is 0.708. The third-order valence-corrected chi connectivity index (χ3v) is 4.38. The van der Waals surface area contributed by atoms with Crippen LogP contribution in [0.25, 0.3) is 0 Å². The van der Waals surface area contributed by atoms with Crippen LogP contribution in [0.3, 0.4) is 0 Å². The molecule has 0 aromatic carbocycles. The average Bonchev–Trinajstić information content (AvgIpc) is 2.82. The van der Waals surface area contributed by atoms with Gasteiger partial charge in [-0.3, -0.25) is 9.78 Å². The lowest BCUT2D eigenvalue weighted by Crippen LogP contribution is -2.32.